The van der Waals surface area contributed by atoms with E-state index in [4.69, 9.17) is 9.90 Å². The standard InChI is InChI=1S/C2H3O2.Ni/c1-2(3)4;/h1H2,(H,3,4);. The van der Waals surface area contributed by atoms with Gasteiger partial charge in [-0.25, -0.2) is 0 Å². The number of rotatable bonds is 0. The molecule has 0 aliphatic heterocycles. The van der Waals surface area contributed by atoms with E-state index < -0.39 is 5.97 Å². The first kappa shape index (κ1) is 8.88. The van der Waals surface area contributed by atoms with Crippen molar-refractivity contribution in [3.05, 3.63) is 6.92 Å². The molecule has 0 bridgehead atoms. The average molecular weight is 118 g/mol. The Bertz CT molecular complexity index is 30.6. The number of carboxylic acid groups (broad SMARTS) is 1. The van der Waals surface area contributed by atoms with Crippen LogP contribution in [0.15, 0.2) is 0 Å². The monoisotopic (exact) mass is 117 g/mol. The van der Waals surface area contributed by atoms with Crippen molar-refractivity contribution in [2.75, 3.05) is 0 Å². The van der Waals surface area contributed by atoms with Gasteiger partial charge in [0.25, 0.3) is 0 Å². The molecule has 2 nitrogen and oxygen atoms in total. The molecule has 0 aromatic rings. The Labute approximate surface area is 40.1 Å². The van der Waals surface area contributed by atoms with Crippen LogP contribution in [0.2, 0.25) is 0 Å². The topological polar surface area (TPSA) is 37.3 Å². The minimum atomic E-state index is -1.08. The van der Waals surface area contributed by atoms with Crippen molar-refractivity contribution in [2.24, 2.45) is 0 Å². The largest absolute Gasteiger partial charge is 0.481 e. The molecular formula is C2H3NiO2. The van der Waals surface area contributed by atoms with Crippen LogP contribution in [0, 0.1) is 6.92 Å². The van der Waals surface area contributed by atoms with Crippen molar-refractivity contribution in [1.82, 2.24) is 0 Å². The molecule has 0 amide bonds. The molecule has 0 aliphatic rings. The molecule has 0 heterocycles. The van der Waals surface area contributed by atoms with E-state index in [9.17, 15) is 0 Å². The van der Waals surface area contributed by atoms with Gasteiger partial charge in [-0.05, 0) is 0 Å². The van der Waals surface area contributed by atoms with Gasteiger partial charge in [-0.2, -0.15) is 0 Å². The van der Waals surface area contributed by atoms with Crippen LogP contribution in [0.4, 0.5) is 0 Å². The summed E-state index contributed by atoms with van der Waals surface area (Å²) in [5, 5.41) is 7.31. The van der Waals surface area contributed by atoms with Gasteiger partial charge >= 0.3 is 5.97 Å². The van der Waals surface area contributed by atoms with E-state index in [1.54, 1.807) is 0 Å². The fraction of sp³-hybridized carbons (Fsp3) is 0. The molecule has 0 rings (SSSR count). The van der Waals surface area contributed by atoms with E-state index in [0.29, 0.717) is 0 Å². The van der Waals surface area contributed by atoms with Gasteiger partial charge in [0.1, 0.15) is 0 Å². The number of carbonyl (C=O) groups is 1. The van der Waals surface area contributed by atoms with Crippen LogP contribution in [0.25, 0.3) is 0 Å². The van der Waals surface area contributed by atoms with Crippen molar-refractivity contribution in [3.8, 4) is 0 Å². The second kappa shape index (κ2) is 3.96. The first-order valence-corrected chi connectivity index (χ1v) is 0.781. The zero-order chi connectivity index (χ0) is 3.58. The Morgan fingerprint density at radius 2 is 1.80 bits per heavy atom. The van der Waals surface area contributed by atoms with Crippen molar-refractivity contribution in [1.29, 1.82) is 0 Å². The maximum atomic E-state index is 8.89. The fourth-order valence-electron chi connectivity index (χ4n) is 0. The second-order valence-electron chi connectivity index (χ2n) is 0.394. The van der Waals surface area contributed by atoms with Gasteiger partial charge in [0.2, 0.25) is 0 Å². The molecule has 3 heteroatoms. The Hall–Kier alpha value is -0.0365. The van der Waals surface area contributed by atoms with Gasteiger partial charge in [0.05, 0.1) is 6.92 Å². The molecule has 0 aliphatic carbocycles. The molecule has 1 radical (unpaired) electrons. The van der Waals surface area contributed by atoms with Crippen molar-refractivity contribution in [3.63, 3.8) is 0 Å². The average Bonchev–Trinajstić information content (AvgIpc) is 0.811. The van der Waals surface area contributed by atoms with Gasteiger partial charge in [-0.3, -0.25) is 4.79 Å². The SMILES string of the molecule is [CH2]C(=O)O.[Ni]. The van der Waals surface area contributed by atoms with Gasteiger partial charge in [-0.15, -0.1) is 0 Å². The van der Waals surface area contributed by atoms with Crippen LogP contribution >= 0.6 is 0 Å². The predicted octanol–water partition coefficient (Wildman–Crippen LogP) is -0.0974. The Morgan fingerprint density at radius 1 is 1.80 bits per heavy atom. The smallest absolute Gasteiger partial charge is 0.303 e. The van der Waals surface area contributed by atoms with E-state index in [2.05, 4.69) is 6.92 Å². The molecule has 0 spiro atoms. The van der Waals surface area contributed by atoms with Crippen molar-refractivity contribution in [2.45, 2.75) is 0 Å². The Morgan fingerprint density at radius 3 is 1.80 bits per heavy atom. The molecule has 33 valence electrons. The van der Waals surface area contributed by atoms with Gasteiger partial charge in [0.15, 0.2) is 0 Å². The van der Waals surface area contributed by atoms with E-state index >= 15 is 0 Å². The maximum absolute atomic E-state index is 8.89. The maximum Gasteiger partial charge on any atom is 0.303 e. The summed E-state index contributed by atoms with van der Waals surface area (Å²) < 4.78 is 0. The van der Waals surface area contributed by atoms with E-state index in [-0.39, 0.29) is 16.5 Å². The molecular weight excluding hydrogens is 115 g/mol. The molecule has 0 fully saturated rings. The molecule has 1 N–H and O–H groups in total. The predicted molar refractivity (Wildman–Crippen MR) is 13.0 cm³/mol. The van der Waals surface area contributed by atoms with Crippen molar-refractivity contribution >= 4 is 5.97 Å². The van der Waals surface area contributed by atoms with Gasteiger partial charge in [-0.1, -0.05) is 0 Å². The van der Waals surface area contributed by atoms with Crippen molar-refractivity contribution < 1.29 is 26.4 Å². The molecule has 0 aromatic carbocycles. The molecule has 0 saturated heterocycles. The Kier molecular flexibility index (Phi) is 7.04. The second-order valence-corrected chi connectivity index (χ2v) is 0.394. The van der Waals surface area contributed by atoms with E-state index in [0.717, 1.165) is 0 Å². The molecule has 0 unspecified atom stereocenters. The third-order valence-corrected chi connectivity index (χ3v) is 0. The number of hydrogen-bond acceptors (Lipinski definition) is 1. The fourth-order valence-corrected chi connectivity index (χ4v) is 0. The Balaban J connectivity index is 0. The molecule has 0 aromatic heterocycles. The van der Waals surface area contributed by atoms with Crippen LogP contribution in [0.1, 0.15) is 0 Å². The number of carboxylic acids is 1. The van der Waals surface area contributed by atoms with Crippen LogP contribution in [-0.2, 0) is 21.3 Å². The number of aliphatic carboxylic acids is 1. The summed E-state index contributed by atoms with van der Waals surface area (Å²) in [6.07, 6.45) is 0. The van der Waals surface area contributed by atoms with E-state index in [1.807, 2.05) is 0 Å². The minimum absolute atomic E-state index is 0. The van der Waals surface area contributed by atoms with Gasteiger partial charge in [0, 0.05) is 16.5 Å². The summed E-state index contributed by atoms with van der Waals surface area (Å²) in [4.78, 5) is 8.89. The van der Waals surface area contributed by atoms with Crippen LogP contribution in [-0.4, -0.2) is 11.1 Å². The van der Waals surface area contributed by atoms with Crippen LogP contribution in [0.5, 0.6) is 0 Å². The van der Waals surface area contributed by atoms with E-state index in [1.165, 1.54) is 0 Å². The summed E-state index contributed by atoms with van der Waals surface area (Å²) in [6.45, 7) is 2.56. The summed E-state index contributed by atoms with van der Waals surface area (Å²) in [5.41, 5.74) is 0. The normalized spacial score (nSPS) is 5.00. The molecule has 0 saturated carbocycles. The van der Waals surface area contributed by atoms with Gasteiger partial charge < -0.3 is 5.11 Å². The zero-order valence-electron chi connectivity index (χ0n) is 2.38. The summed E-state index contributed by atoms with van der Waals surface area (Å²) in [7, 11) is 0. The quantitative estimate of drug-likeness (QED) is 0.451. The third kappa shape index (κ3) is 11500. The summed E-state index contributed by atoms with van der Waals surface area (Å²) in [5.74, 6) is -1.08. The third-order valence-electron chi connectivity index (χ3n) is 0. The first-order chi connectivity index (χ1) is 1.73. The molecule has 5 heavy (non-hydrogen) atoms. The number of hydrogen-bond donors (Lipinski definition) is 1. The first-order valence-electron chi connectivity index (χ1n) is 0.781. The van der Waals surface area contributed by atoms with Crippen LogP contribution < -0.4 is 0 Å². The van der Waals surface area contributed by atoms with Crippen LogP contribution in [0.3, 0.4) is 0 Å². The summed E-state index contributed by atoms with van der Waals surface area (Å²) >= 11 is 0. The minimum Gasteiger partial charge on any atom is -0.481 e. The zero-order valence-corrected chi connectivity index (χ0v) is 3.37. The molecule has 0 atom stereocenters. The summed E-state index contributed by atoms with van der Waals surface area (Å²) in [6, 6.07) is 0.